The molecule has 3 aromatic rings. The molecule has 7 nitrogen and oxygen atoms in total. The molecule has 2 aromatic heterocycles. The summed E-state index contributed by atoms with van der Waals surface area (Å²) in [5, 5.41) is 10.6. The van der Waals surface area contributed by atoms with E-state index < -0.39 is 12.1 Å². The second kappa shape index (κ2) is 10.1. The van der Waals surface area contributed by atoms with Crippen molar-refractivity contribution in [2.75, 3.05) is 16.8 Å². The number of benzene rings is 1. The van der Waals surface area contributed by atoms with E-state index in [1.807, 2.05) is 18.5 Å². The number of carboxylic acid groups (broad SMARTS) is 1. The molecule has 0 radical (unpaired) electrons. The van der Waals surface area contributed by atoms with Crippen LogP contribution in [0.3, 0.4) is 0 Å². The monoisotopic (exact) mass is 473 g/mol. The minimum absolute atomic E-state index is 0.666. The van der Waals surface area contributed by atoms with Gasteiger partial charge in [0, 0.05) is 42.4 Å². The number of hydrogen-bond acceptors (Lipinski definition) is 6. The van der Waals surface area contributed by atoms with Gasteiger partial charge in [0.05, 0.1) is 0 Å². The van der Waals surface area contributed by atoms with E-state index >= 15 is 0 Å². The number of alkyl halides is 3. The van der Waals surface area contributed by atoms with Gasteiger partial charge < -0.3 is 15.3 Å². The van der Waals surface area contributed by atoms with Crippen LogP contribution in [0.2, 0.25) is 0 Å². The molecule has 0 saturated carbocycles. The molecule has 0 unspecified atom stereocenters. The molecule has 1 aromatic carbocycles. The van der Waals surface area contributed by atoms with Gasteiger partial charge in [0.25, 0.3) is 0 Å². The van der Waals surface area contributed by atoms with Crippen molar-refractivity contribution >= 4 is 23.4 Å². The van der Waals surface area contributed by atoms with Gasteiger partial charge >= 0.3 is 12.1 Å². The maximum absolute atomic E-state index is 10.6. The van der Waals surface area contributed by atoms with Crippen LogP contribution in [-0.2, 0) is 17.8 Å². The Hall–Kier alpha value is -3.69. The smallest absolute Gasteiger partial charge is 0.475 e. The van der Waals surface area contributed by atoms with E-state index in [1.54, 1.807) is 0 Å². The SMILES string of the molecule is Cc1cc(C)c(Nc2nc(C)c3c(n2)N(Cc2cccnc2)CC3)c(C)c1.O=C(O)C(F)(F)F. The number of aromatic nitrogens is 3. The van der Waals surface area contributed by atoms with Crippen LogP contribution in [0.4, 0.5) is 30.6 Å². The Labute approximate surface area is 195 Å². The lowest BCUT2D eigenvalue weighted by Gasteiger charge is -2.20. The van der Waals surface area contributed by atoms with Gasteiger partial charge in [-0.05, 0) is 56.9 Å². The molecule has 1 aliphatic heterocycles. The predicted molar refractivity (Wildman–Crippen MR) is 123 cm³/mol. The maximum atomic E-state index is 10.6. The molecule has 0 saturated heterocycles. The first-order chi connectivity index (χ1) is 16.0. The Morgan fingerprint density at radius 2 is 1.79 bits per heavy atom. The molecule has 10 heteroatoms. The number of pyridine rings is 1. The number of rotatable bonds is 4. The number of hydrogen-bond donors (Lipinski definition) is 2. The molecule has 3 heterocycles. The van der Waals surface area contributed by atoms with E-state index in [0.717, 1.165) is 36.7 Å². The maximum Gasteiger partial charge on any atom is 0.490 e. The molecule has 0 spiro atoms. The molecular formula is C24H26F3N5O2. The van der Waals surface area contributed by atoms with Gasteiger partial charge in [0.1, 0.15) is 5.82 Å². The van der Waals surface area contributed by atoms with Gasteiger partial charge in [-0.15, -0.1) is 0 Å². The van der Waals surface area contributed by atoms with E-state index in [0.29, 0.717) is 5.95 Å². The first kappa shape index (κ1) is 24.9. The van der Waals surface area contributed by atoms with Crippen LogP contribution < -0.4 is 10.2 Å². The van der Waals surface area contributed by atoms with E-state index in [-0.39, 0.29) is 0 Å². The molecule has 0 amide bonds. The van der Waals surface area contributed by atoms with Crippen LogP contribution >= 0.6 is 0 Å². The standard InChI is InChI=1S/C22H25N5.C2HF3O2/c1-14-10-15(2)20(16(3)11-14)25-22-24-17(4)19-7-9-27(21(19)26-22)13-18-6-5-8-23-12-18;3-2(4,5)1(6)7/h5-6,8,10-12H,7,9,13H2,1-4H3,(H,24,25,26);(H,6,7). The molecular weight excluding hydrogens is 447 g/mol. The van der Waals surface area contributed by atoms with Gasteiger partial charge in [-0.1, -0.05) is 23.8 Å². The van der Waals surface area contributed by atoms with E-state index in [9.17, 15) is 13.2 Å². The number of carbonyl (C=O) groups is 1. The van der Waals surface area contributed by atoms with E-state index in [4.69, 9.17) is 19.9 Å². The van der Waals surface area contributed by atoms with Gasteiger partial charge in [-0.2, -0.15) is 18.2 Å². The second-order valence-corrected chi connectivity index (χ2v) is 8.17. The molecule has 4 rings (SSSR count). The van der Waals surface area contributed by atoms with E-state index in [2.05, 4.69) is 61.1 Å². The van der Waals surface area contributed by atoms with Crippen LogP contribution in [0.1, 0.15) is 33.5 Å². The van der Waals surface area contributed by atoms with Crippen molar-refractivity contribution < 1.29 is 23.1 Å². The number of anilines is 3. The van der Waals surface area contributed by atoms with Crippen molar-refractivity contribution in [3.63, 3.8) is 0 Å². The van der Waals surface area contributed by atoms with Crippen molar-refractivity contribution in [1.29, 1.82) is 0 Å². The average Bonchev–Trinajstić information content (AvgIpc) is 3.14. The van der Waals surface area contributed by atoms with Crippen molar-refractivity contribution in [1.82, 2.24) is 15.0 Å². The number of aliphatic carboxylic acids is 1. The Morgan fingerprint density at radius 1 is 1.15 bits per heavy atom. The highest BCUT2D eigenvalue weighted by Crippen LogP contribution is 2.32. The molecule has 2 N–H and O–H groups in total. The Balaban J connectivity index is 0.000000406. The molecule has 0 fully saturated rings. The number of nitrogens with one attached hydrogen (secondary N) is 1. The normalized spacial score (nSPS) is 12.6. The summed E-state index contributed by atoms with van der Waals surface area (Å²) in [6.07, 6.45) is -0.365. The fraction of sp³-hybridized carbons (Fsp3) is 0.333. The van der Waals surface area contributed by atoms with Gasteiger partial charge in [0.2, 0.25) is 5.95 Å². The largest absolute Gasteiger partial charge is 0.490 e. The molecule has 0 atom stereocenters. The first-order valence-corrected chi connectivity index (χ1v) is 10.6. The number of carboxylic acids is 1. The number of halogens is 3. The topological polar surface area (TPSA) is 91.2 Å². The zero-order valence-corrected chi connectivity index (χ0v) is 19.4. The van der Waals surface area contributed by atoms with Crippen LogP contribution in [0.25, 0.3) is 0 Å². The quantitative estimate of drug-likeness (QED) is 0.548. The Kier molecular flexibility index (Phi) is 7.38. The summed E-state index contributed by atoms with van der Waals surface area (Å²) in [7, 11) is 0. The van der Waals surface area contributed by atoms with Crippen molar-refractivity contribution in [3.8, 4) is 0 Å². The van der Waals surface area contributed by atoms with Crippen molar-refractivity contribution in [2.24, 2.45) is 0 Å². The molecule has 34 heavy (non-hydrogen) atoms. The highest BCUT2D eigenvalue weighted by Gasteiger charge is 2.38. The van der Waals surface area contributed by atoms with E-state index in [1.165, 1.54) is 27.8 Å². The van der Waals surface area contributed by atoms with Crippen molar-refractivity contribution in [2.45, 2.75) is 46.8 Å². The summed E-state index contributed by atoms with van der Waals surface area (Å²) in [6, 6.07) is 8.46. The van der Waals surface area contributed by atoms with Crippen LogP contribution in [-0.4, -0.2) is 38.7 Å². The fourth-order valence-electron chi connectivity index (χ4n) is 3.90. The number of fused-ring (bicyclic) bond motifs is 1. The first-order valence-electron chi connectivity index (χ1n) is 10.6. The summed E-state index contributed by atoms with van der Waals surface area (Å²) in [5.41, 5.74) is 8.28. The number of aryl methyl sites for hydroxylation is 4. The lowest BCUT2D eigenvalue weighted by atomic mass is 10.1. The number of nitrogens with zero attached hydrogens (tertiary/aromatic N) is 4. The van der Waals surface area contributed by atoms with Gasteiger partial charge in [-0.3, -0.25) is 4.98 Å². The summed E-state index contributed by atoms with van der Waals surface area (Å²) in [4.78, 5) is 25.0. The van der Waals surface area contributed by atoms with Gasteiger partial charge in [0.15, 0.2) is 0 Å². The van der Waals surface area contributed by atoms with Crippen molar-refractivity contribution in [3.05, 3.63) is 70.2 Å². The van der Waals surface area contributed by atoms with Crippen LogP contribution in [0.5, 0.6) is 0 Å². The molecule has 0 aliphatic carbocycles. The van der Waals surface area contributed by atoms with Crippen LogP contribution in [0, 0.1) is 27.7 Å². The third-order valence-corrected chi connectivity index (χ3v) is 5.38. The average molecular weight is 473 g/mol. The predicted octanol–water partition coefficient (Wildman–Crippen LogP) is 5.04. The third kappa shape index (κ3) is 6.00. The van der Waals surface area contributed by atoms with Gasteiger partial charge in [-0.25, -0.2) is 9.78 Å². The fourth-order valence-corrected chi connectivity index (χ4v) is 3.90. The minimum atomic E-state index is -5.08. The van der Waals surface area contributed by atoms with Crippen LogP contribution in [0.15, 0.2) is 36.7 Å². The summed E-state index contributed by atoms with van der Waals surface area (Å²) >= 11 is 0. The highest BCUT2D eigenvalue weighted by atomic mass is 19.4. The molecule has 0 bridgehead atoms. The third-order valence-electron chi connectivity index (χ3n) is 5.38. The summed E-state index contributed by atoms with van der Waals surface area (Å²) in [6.45, 7) is 10.2. The minimum Gasteiger partial charge on any atom is -0.475 e. The Bertz CT molecular complexity index is 1160. The summed E-state index contributed by atoms with van der Waals surface area (Å²) in [5.74, 6) is -1.05. The molecule has 180 valence electrons. The summed E-state index contributed by atoms with van der Waals surface area (Å²) < 4.78 is 31.7. The molecule has 1 aliphatic rings. The lowest BCUT2D eigenvalue weighted by molar-refractivity contribution is -0.192. The second-order valence-electron chi connectivity index (χ2n) is 8.17. The Morgan fingerprint density at radius 3 is 2.35 bits per heavy atom. The lowest BCUT2D eigenvalue weighted by Crippen LogP contribution is -2.21. The zero-order chi connectivity index (χ0) is 25.0. The highest BCUT2D eigenvalue weighted by molar-refractivity contribution is 5.73. The zero-order valence-electron chi connectivity index (χ0n) is 19.4.